The number of nitrogens with two attached hydrogens (primary N) is 3. The van der Waals surface area contributed by atoms with Crippen LogP contribution in [0, 0.1) is 13.8 Å². The van der Waals surface area contributed by atoms with E-state index in [1.165, 1.54) is 68.3 Å². The maximum Gasteiger partial charge on any atom is 0.253 e. The van der Waals surface area contributed by atoms with E-state index < -0.39 is 5.91 Å². The third-order valence-corrected chi connectivity index (χ3v) is 9.49. The molecule has 0 atom stereocenters. The van der Waals surface area contributed by atoms with Crippen molar-refractivity contribution in [2.24, 2.45) is 5.73 Å². The molecule has 240 valence electrons. The van der Waals surface area contributed by atoms with Crippen LogP contribution in [-0.4, -0.2) is 64.9 Å². The van der Waals surface area contributed by atoms with Gasteiger partial charge in [-0.25, -0.2) is 4.98 Å². The summed E-state index contributed by atoms with van der Waals surface area (Å²) in [6.45, 7) is 8.95. The molecule has 0 unspecified atom stereocenters. The molecule has 2 aromatic carbocycles. The minimum absolute atomic E-state index is 0.0260. The lowest BCUT2D eigenvalue weighted by atomic mass is 9.99. The van der Waals surface area contributed by atoms with E-state index >= 15 is 0 Å². The first-order valence-electron chi connectivity index (χ1n) is 16.3. The van der Waals surface area contributed by atoms with Crippen molar-refractivity contribution in [2.45, 2.75) is 84.0 Å². The molecule has 3 aromatic rings. The Labute approximate surface area is 267 Å². The van der Waals surface area contributed by atoms with E-state index in [2.05, 4.69) is 41.9 Å². The van der Waals surface area contributed by atoms with Gasteiger partial charge in [0.2, 0.25) is 0 Å². The van der Waals surface area contributed by atoms with Gasteiger partial charge in [0.1, 0.15) is 5.82 Å². The molecular weight excluding hydrogens is 564 g/mol. The zero-order valence-corrected chi connectivity index (χ0v) is 26.8. The van der Waals surface area contributed by atoms with Gasteiger partial charge in [-0.1, -0.05) is 31.0 Å². The first-order chi connectivity index (χ1) is 21.7. The van der Waals surface area contributed by atoms with Crippen LogP contribution in [-0.2, 0) is 11.3 Å². The second-order valence-corrected chi connectivity index (χ2v) is 12.8. The number of amides is 2. The smallest absolute Gasteiger partial charge is 0.253 e. The standard InChI is InChI=1S/C22H28N6O2.C14H20O/c23-17-10-14(16-12-19(21(25)29)20(24)26-13-16)9-15(11-17)22(30)28-7-3-18(4-8-28)27-5-1-2-6-27;1-11-7-8-13(9-12(11)2)10-15-14-5-3-4-6-14/h9-13,18H,1-8,23H2,(H2,24,26)(H2,25,29);7-9,14H,3-6,10H2,1-2H3. The highest BCUT2D eigenvalue weighted by Gasteiger charge is 2.29. The number of pyridine rings is 1. The largest absolute Gasteiger partial charge is 0.399 e. The van der Waals surface area contributed by atoms with Gasteiger partial charge in [0.15, 0.2) is 0 Å². The van der Waals surface area contributed by atoms with Gasteiger partial charge in [-0.05, 0) is 112 Å². The number of primary amides is 1. The molecule has 3 aliphatic rings. The first-order valence-corrected chi connectivity index (χ1v) is 16.3. The Morgan fingerprint density at radius 2 is 1.56 bits per heavy atom. The number of nitrogens with zero attached hydrogens (tertiary/aromatic N) is 3. The van der Waals surface area contributed by atoms with Crippen LogP contribution in [0.2, 0.25) is 0 Å². The first kappa shape index (κ1) is 32.4. The van der Waals surface area contributed by atoms with Crippen LogP contribution in [0.25, 0.3) is 11.1 Å². The van der Waals surface area contributed by atoms with Crippen LogP contribution >= 0.6 is 0 Å². The Kier molecular flexibility index (Phi) is 10.7. The van der Waals surface area contributed by atoms with Gasteiger partial charge in [0, 0.05) is 42.1 Å². The molecule has 9 heteroatoms. The summed E-state index contributed by atoms with van der Waals surface area (Å²) in [7, 11) is 0. The molecule has 45 heavy (non-hydrogen) atoms. The lowest BCUT2D eigenvalue weighted by Gasteiger charge is -2.36. The van der Waals surface area contributed by atoms with Crippen molar-refractivity contribution in [3.63, 3.8) is 0 Å². The molecule has 2 aliphatic heterocycles. The van der Waals surface area contributed by atoms with Crippen molar-refractivity contribution in [1.82, 2.24) is 14.8 Å². The van der Waals surface area contributed by atoms with E-state index in [0.29, 0.717) is 34.5 Å². The van der Waals surface area contributed by atoms with Gasteiger partial charge in [0.25, 0.3) is 11.8 Å². The molecule has 3 fully saturated rings. The van der Waals surface area contributed by atoms with Gasteiger partial charge in [-0.3, -0.25) is 9.59 Å². The highest BCUT2D eigenvalue weighted by molar-refractivity contribution is 5.99. The van der Waals surface area contributed by atoms with E-state index in [1.807, 2.05) is 4.90 Å². The van der Waals surface area contributed by atoms with Crippen molar-refractivity contribution in [1.29, 1.82) is 0 Å². The molecule has 6 rings (SSSR count). The average Bonchev–Trinajstić information content (AvgIpc) is 3.77. The zero-order valence-electron chi connectivity index (χ0n) is 26.8. The lowest BCUT2D eigenvalue weighted by Crippen LogP contribution is -2.45. The molecule has 6 N–H and O–H groups in total. The van der Waals surface area contributed by atoms with Crippen molar-refractivity contribution >= 4 is 23.3 Å². The summed E-state index contributed by atoms with van der Waals surface area (Å²) in [5.74, 6) is -0.600. The van der Waals surface area contributed by atoms with E-state index in [9.17, 15) is 9.59 Å². The number of hydrogen-bond donors (Lipinski definition) is 3. The molecule has 2 amide bonds. The van der Waals surface area contributed by atoms with Crippen molar-refractivity contribution in [3.05, 3.63) is 76.5 Å². The van der Waals surface area contributed by atoms with Crippen molar-refractivity contribution in [2.75, 3.05) is 37.6 Å². The number of ether oxygens (including phenoxy) is 1. The molecule has 3 heterocycles. The number of likely N-dealkylation sites (tertiary alicyclic amines) is 2. The summed E-state index contributed by atoms with van der Waals surface area (Å²) in [6.07, 6.45) is 11.8. The number of carbonyl (C=O) groups excluding carboxylic acids is 2. The molecule has 0 bridgehead atoms. The summed E-state index contributed by atoms with van der Waals surface area (Å²) in [4.78, 5) is 33.2. The van der Waals surface area contributed by atoms with Crippen LogP contribution in [0.3, 0.4) is 0 Å². The fourth-order valence-electron chi connectivity index (χ4n) is 6.66. The van der Waals surface area contributed by atoms with Crippen LogP contribution in [0.4, 0.5) is 11.5 Å². The number of piperidine rings is 1. The Morgan fingerprint density at radius 3 is 2.22 bits per heavy atom. The number of hydrogen-bond acceptors (Lipinski definition) is 7. The minimum atomic E-state index is -0.650. The molecule has 1 saturated carbocycles. The molecule has 1 aliphatic carbocycles. The van der Waals surface area contributed by atoms with Gasteiger partial charge in [-0.15, -0.1) is 0 Å². The maximum atomic E-state index is 13.1. The maximum absolute atomic E-state index is 13.1. The monoisotopic (exact) mass is 612 g/mol. The summed E-state index contributed by atoms with van der Waals surface area (Å²) < 4.78 is 5.88. The summed E-state index contributed by atoms with van der Waals surface area (Å²) in [5.41, 5.74) is 23.7. The third kappa shape index (κ3) is 8.41. The van der Waals surface area contributed by atoms with E-state index in [1.54, 1.807) is 30.5 Å². The second kappa shape index (κ2) is 14.9. The van der Waals surface area contributed by atoms with Gasteiger partial charge >= 0.3 is 0 Å². The molecule has 0 spiro atoms. The highest BCUT2D eigenvalue weighted by atomic mass is 16.5. The third-order valence-electron chi connectivity index (χ3n) is 9.49. The number of aromatic nitrogens is 1. The van der Waals surface area contributed by atoms with Crippen LogP contribution in [0.15, 0.2) is 48.7 Å². The Morgan fingerprint density at radius 1 is 0.844 bits per heavy atom. The van der Waals surface area contributed by atoms with Crippen LogP contribution < -0.4 is 17.2 Å². The van der Waals surface area contributed by atoms with E-state index in [0.717, 1.165) is 32.5 Å². The lowest BCUT2D eigenvalue weighted by molar-refractivity contribution is 0.0456. The van der Waals surface area contributed by atoms with Gasteiger partial charge in [0.05, 0.1) is 18.3 Å². The summed E-state index contributed by atoms with van der Waals surface area (Å²) in [5, 5.41) is 0. The van der Waals surface area contributed by atoms with Crippen LogP contribution in [0.1, 0.15) is 88.8 Å². The fourth-order valence-corrected chi connectivity index (χ4v) is 6.66. The zero-order chi connectivity index (χ0) is 31.9. The predicted octanol–water partition coefficient (Wildman–Crippen LogP) is 5.47. The highest BCUT2D eigenvalue weighted by Crippen LogP contribution is 2.28. The Hall–Kier alpha value is -3.95. The number of anilines is 2. The Balaban J connectivity index is 0.000000223. The summed E-state index contributed by atoms with van der Waals surface area (Å²) in [6, 6.07) is 14.0. The van der Waals surface area contributed by atoms with Crippen LogP contribution in [0.5, 0.6) is 0 Å². The average molecular weight is 613 g/mol. The molecular formula is C36H48N6O3. The number of aryl methyl sites for hydroxylation is 2. The van der Waals surface area contributed by atoms with E-state index in [-0.39, 0.29) is 17.3 Å². The number of carbonyl (C=O) groups is 2. The molecule has 9 nitrogen and oxygen atoms in total. The second-order valence-electron chi connectivity index (χ2n) is 12.8. The normalized spacial score (nSPS) is 17.7. The number of benzene rings is 2. The molecule has 0 radical (unpaired) electrons. The fraction of sp³-hybridized carbons (Fsp3) is 0.472. The SMILES string of the molecule is Cc1ccc(COC2CCCC2)cc1C.NC(=O)c1cc(-c2cc(N)cc(C(=O)N3CCC(N4CCCC4)CC3)c2)cnc1N. The van der Waals surface area contributed by atoms with Gasteiger partial charge in [-0.2, -0.15) is 0 Å². The van der Waals surface area contributed by atoms with Gasteiger partial charge < -0.3 is 31.7 Å². The predicted molar refractivity (Wildman–Crippen MR) is 180 cm³/mol. The van der Waals surface area contributed by atoms with Crippen molar-refractivity contribution < 1.29 is 14.3 Å². The molecule has 1 aromatic heterocycles. The quantitative estimate of drug-likeness (QED) is 0.300. The number of nitrogen functional groups attached to an aromatic ring is 2. The number of rotatable bonds is 7. The summed E-state index contributed by atoms with van der Waals surface area (Å²) >= 11 is 0. The Bertz CT molecular complexity index is 1490. The van der Waals surface area contributed by atoms with E-state index in [4.69, 9.17) is 21.9 Å². The minimum Gasteiger partial charge on any atom is -0.399 e. The van der Waals surface area contributed by atoms with Crippen molar-refractivity contribution in [3.8, 4) is 11.1 Å². The topological polar surface area (TPSA) is 141 Å². The molecule has 2 saturated heterocycles.